The van der Waals surface area contributed by atoms with E-state index in [2.05, 4.69) is 10.0 Å². The lowest BCUT2D eigenvalue weighted by Gasteiger charge is -2.13. The molecule has 1 aromatic carbocycles. The molecule has 0 aliphatic carbocycles. The maximum absolute atomic E-state index is 12.2. The number of anilines is 1. The van der Waals surface area contributed by atoms with Crippen LogP contribution in [-0.2, 0) is 19.6 Å². The van der Waals surface area contributed by atoms with Gasteiger partial charge in [-0.25, -0.2) is 13.1 Å². The van der Waals surface area contributed by atoms with E-state index in [1.807, 2.05) is 6.92 Å². The highest BCUT2D eigenvalue weighted by atomic mass is 32.2. The lowest BCUT2D eigenvalue weighted by atomic mass is 10.3. The molecular formula is C14H22N2O5S. The fraction of sp³-hybridized carbons (Fsp3) is 0.500. The maximum atomic E-state index is 12.2. The number of ether oxygens (including phenoxy) is 2. The number of rotatable bonds is 9. The van der Waals surface area contributed by atoms with Crippen molar-refractivity contribution in [3.05, 3.63) is 18.2 Å². The number of carbonyl (C=O) groups is 1. The van der Waals surface area contributed by atoms with Crippen LogP contribution >= 0.6 is 0 Å². The highest BCUT2D eigenvalue weighted by Gasteiger charge is 2.17. The number of hydrogen-bond donors (Lipinski definition) is 2. The van der Waals surface area contributed by atoms with E-state index in [0.717, 1.165) is 0 Å². The number of methoxy groups -OCH3 is 1. The molecule has 0 atom stereocenters. The van der Waals surface area contributed by atoms with Crippen LogP contribution in [-0.4, -0.2) is 41.2 Å². The molecule has 0 saturated carbocycles. The number of amides is 1. The van der Waals surface area contributed by atoms with Gasteiger partial charge < -0.3 is 14.8 Å². The number of carbonyl (C=O) groups excluding carboxylic acids is 1. The summed E-state index contributed by atoms with van der Waals surface area (Å²) in [6, 6.07) is 4.34. The van der Waals surface area contributed by atoms with E-state index in [-0.39, 0.29) is 30.4 Å². The number of hydrogen-bond acceptors (Lipinski definition) is 5. The molecule has 0 heterocycles. The summed E-state index contributed by atoms with van der Waals surface area (Å²) in [5.74, 6) is 0.211. The fourth-order valence-electron chi connectivity index (χ4n) is 1.66. The quantitative estimate of drug-likeness (QED) is 0.667. The van der Waals surface area contributed by atoms with Crippen molar-refractivity contribution >= 4 is 21.6 Å². The minimum atomic E-state index is -3.67. The Kier molecular flexibility index (Phi) is 7.30. The van der Waals surface area contributed by atoms with Crippen molar-refractivity contribution in [2.45, 2.75) is 25.2 Å². The van der Waals surface area contributed by atoms with E-state index in [1.54, 1.807) is 6.92 Å². The average Bonchev–Trinajstić information content (AvgIpc) is 2.49. The molecule has 2 N–H and O–H groups in total. The monoisotopic (exact) mass is 330 g/mol. The third-order valence-corrected chi connectivity index (χ3v) is 4.21. The SMILES string of the molecule is CCOc1ccc(S(=O)(=O)NCCOC)cc1NC(=O)CC. The normalized spacial score (nSPS) is 11.2. The van der Waals surface area contributed by atoms with Crippen molar-refractivity contribution < 1.29 is 22.7 Å². The summed E-state index contributed by atoms with van der Waals surface area (Å²) in [5.41, 5.74) is 0.336. The Hall–Kier alpha value is -1.64. The van der Waals surface area contributed by atoms with Crippen molar-refractivity contribution in [2.24, 2.45) is 0 Å². The van der Waals surface area contributed by atoms with E-state index in [0.29, 0.717) is 18.0 Å². The van der Waals surface area contributed by atoms with E-state index >= 15 is 0 Å². The molecule has 0 bridgehead atoms. The minimum Gasteiger partial charge on any atom is -0.492 e. The van der Waals surface area contributed by atoms with Gasteiger partial charge in [-0.3, -0.25) is 4.79 Å². The first-order chi connectivity index (χ1) is 10.4. The topological polar surface area (TPSA) is 93.7 Å². The van der Waals surface area contributed by atoms with Gasteiger partial charge in [-0.1, -0.05) is 6.92 Å². The average molecular weight is 330 g/mol. The molecule has 0 aromatic heterocycles. The van der Waals surface area contributed by atoms with Crippen molar-refractivity contribution in [2.75, 3.05) is 32.2 Å². The van der Waals surface area contributed by atoms with Gasteiger partial charge in [-0.2, -0.15) is 0 Å². The van der Waals surface area contributed by atoms with Crippen LogP contribution < -0.4 is 14.8 Å². The van der Waals surface area contributed by atoms with Gasteiger partial charge in [0.25, 0.3) is 0 Å². The Morgan fingerprint density at radius 3 is 2.59 bits per heavy atom. The zero-order valence-corrected chi connectivity index (χ0v) is 13.8. The van der Waals surface area contributed by atoms with Crippen molar-refractivity contribution in [3.63, 3.8) is 0 Å². The second kappa shape index (κ2) is 8.72. The van der Waals surface area contributed by atoms with Crippen LogP contribution in [0.4, 0.5) is 5.69 Å². The molecule has 0 aliphatic rings. The van der Waals surface area contributed by atoms with E-state index in [4.69, 9.17) is 9.47 Å². The third-order valence-electron chi connectivity index (χ3n) is 2.75. The number of sulfonamides is 1. The van der Waals surface area contributed by atoms with Crippen LogP contribution in [0.5, 0.6) is 5.75 Å². The largest absolute Gasteiger partial charge is 0.492 e. The molecular weight excluding hydrogens is 308 g/mol. The summed E-state index contributed by atoms with van der Waals surface area (Å²) in [5, 5.41) is 2.64. The highest BCUT2D eigenvalue weighted by Crippen LogP contribution is 2.28. The standard InChI is InChI=1S/C14H22N2O5S/c1-4-14(17)16-12-10-11(6-7-13(12)21-5-2)22(18,19)15-8-9-20-3/h6-7,10,15H,4-5,8-9H2,1-3H3,(H,16,17). The van der Waals surface area contributed by atoms with Crippen LogP contribution in [0.15, 0.2) is 23.1 Å². The predicted octanol–water partition coefficient (Wildman–Crippen LogP) is 1.36. The van der Waals surface area contributed by atoms with Crippen LogP contribution in [0, 0.1) is 0 Å². The van der Waals surface area contributed by atoms with Crippen molar-refractivity contribution in [1.29, 1.82) is 0 Å². The number of benzene rings is 1. The Labute approximate surface area is 131 Å². The second-order valence-corrected chi connectivity index (χ2v) is 6.15. The Bertz CT molecular complexity index is 601. The van der Waals surface area contributed by atoms with Gasteiger partial charge in [0.15, 0.2) is 0 Å². The van der Waals surface area contributed by atoms with Crippen molar-refractivity contribution in [1.82, 2.24) is 4.72 Å². The van der Waals surface area contributed by atoms with Crippen LogP contribution in [0.1, 0.15) is 20.3 Å². The summed E-state index contributed by atoms with van der Waals surface area (Å²) in [4.78, 5) is 11.6. The molecule has 1 rings (SSSR count). The molecule has 0 saturated heterocycles. The Balaban J connectivity index is 3.06. The molecule has 0 radical (unpaired) electrons. The molecule has 0 fully saturated rings. The first-order valence-electron chi connectivity index (χ1n) is 6.99. The molecule has 22 heavy (non-hydrogen) atoms. The van der Waals surface area contributed by atoms with Gasteiger partial charge in [-0.05, 0) is 25.1 Å². The van der Waals surface area contributed by atoms with Gasteiger partial charge in [0.2, 0.25) is 15.9 Å². The molecule has 1 amide bonds. The molecule has 0 aliphatic heterocycles. The third kappa shape index (κ3) is 5.28. The smallest absolute Gasteiger partial charge is 0.240 e. The molecule has 0 spiro atoms. The molecule has 7 nitrogen and oxygen atoms in total. The zero-order valence-electron chi connectivity index (χ0n) is 13.0. The van der Waals surface area contributed by atoms with Crippen LogP contribution in [0.2, 0.25) is 0 Å². The first-order valence-corrected chi connectivity index (χ1v) is 8.48. The lowest BCUT2D eigenvalue weighted by molar-refractivity contribution is -0.115. The lowest BCUT2D eigenvalue weighted by Crippen LogP contribution is -2.27. The van der Waals surface area contributed by atoms with E-state index in [9.17, 15) is 13.2 Å². The van der Waals surface area contributed by atoms with Gasteiger partial charge in [0, 0.05) is 20.1 Å². The minimum absolute atomic E-state index is 0.0541. The van der Waals surface area contributed by atoms with Gasteiger partial charge >= 0.3 is 0 Å². The Morgan fingerprint density at radius 2 is 2.00 bits per heavy atom. The second-order valence-electron chi connectivity index (χ2n) is 4.38. The van der Waals surface area contributed by atoms with Crippen molar-refractivity contribution in [3.8, 4) is 5.75 Å². The summed E-state index contributed by atoms with van der Waals surface area (Å²) in [7, 11) is -2.18. The van der Waals surface area contributed by atoms with Gasteiger partial charge in [0.05, 0.1) is 23.8 Å². The fourth-order valence-corrected chi connectivity index (χ4v) is 2.69. The molecule has 8 heteroatoms. The zero-order chi connectivity index (χ0) is 16.6. The van der Waals surface area contributed by atoms with Gasteiger partial charge in [0.1, 0.15) is 5.75 Å². The summed E-state index contributed by atoms with van der Waals surface area (Å²) >= 11 is 0. The van der Waals surface area contributed by atoms with Crippen LogP contribution in [0.3, 0.4) is 0 Å². The summed E-state index contributed by atoms with van der Waals surface area (Å²) in [6.07, 6.45) is 0.286. The highest BCUT2D eigenvalue weighted by molar-refractivity contribution is 7.89. The molecule has 124 valence electrons. The molecule has 1 aromatic rings. The summed E-state index contributed by atoms with van der Waals surface area (Å²) in [6.45, 7) is 4.37. The summed E-state index contributed by atoms with van der Waals surface area (Å²) < 4.78 is 37.0. The molecule has 0 unspecified atom stereocenters. The van der Waals surface area contributed by atoms with E-state index < -0.39 is 10.0 Å². The van der Waals surface area contributed by atoms with E-state index in [1.165, 1.54) is 25.3 Å². The maximum Gasteiger partial charge on any atom is 0.240 e. The first kappa shape index (κ1) is 18.4. The van der Waals surface area contributed by atoms with Crippen LogP contribution in [0.25, 0.3) is 0 Å². The van der Waals surface area contributed by atoms with Gasteiger partial charge in [-0.15, -0.1) is 0 Å². The number of nitrogens with one attached hydrogen (secondary N) is 2. The Morgan fingerprint density at radius 1 is 1.27 bits per heavy atom. The predicted molar refractivity (Wildman–Crippen MR) is 83.6 cm³/mol.